The number of aliphatic hydroxyl groups excluding tert-OH is 1. The van der Waals surface area contributed by atoms with Crippen LogP contribution >= 0.6 is 0 Å². The third kappa shape index (κ3) is 2.04. The highest BCUT2D eigenvalue weighted by Gasteiger charge is 2.37. The van der Waals surface area contributed by atoms with Crippen molar-refractivity contribution in [1.82, 2.24) is 0 Å². The van der Waals surface area contributed by atoms with Crippen molar-refractivity contribution >= 4 is 0 Å². The highest BCUT2D eigenvalue weighted by atomic mass is 19.4. The molecule has 0 bridgehead atoms. The first kappa shape index (κ1) is 11.0. The Morgan fingerprint density at radius 2 is 1.86 bits per heavy atom. The Kier molecular flexibility index (Phi) is 2.80. The molecule has 0 aliphatic carbocycles. The number of alkyl halides is 3. The van der Waals surface area contributed by atoms with Crippen LogP contribution in [0.2, 0.25) is 0 Å². The van der Waals surface area contributed by atoms with Gasteiger partial charge in [-0.3, -0.25) is 0 Å². The third-order valence-electron chi connectivity index (χ3n) is 1.78. The van der Waals surface area contributed by atoms with E-state index in [-0.39, 0.29) is 0 Å². The minimum Gasteiger partial charge on any atom is -0.389 e. The Morgan fingerprint density at radius 1 is 1.29 bits per heavy atom. The minimum atomic E-state index is -4.78. The highest BCUT2D eigenvalue weighted by Crippen LogP contribution is 2.36. The largest absolute Gasteiger partial charge is 0.419 e. The summed E-state index contributed by atoms with van der Waals surface area (Å²) in [4.78, 5) is 0. The molecule has 0 saturated carbocycles. The molecular weight excluding hydrogens is 200 g/mol. The predicted octanol–water partition coefficient (Wildman–Crippen LogP) is 2.90. The van der Waals surface area contributed by atoms with Crippen LogP contribution in [0.4, 0.5) is 17.6 Å². The number of hydrogen-bond donors (Lipinski definition) is 1. The van der Waals surface area contributed by atoms with E-state index in [2.05, 4.69) is 0 Å². The van der Waals surface area contributed by atoms with Gasteiger partial charge < -0.3 is 5.11 Å². The highest BCUT2D eigenvalue weighted by molar-refractivity contribution is 5.32. The summed E-state index contributed by atoms with van der Waals surface area (Å²) >= 11 is 0. The molecule has 5 heteroatoms. The number of aliphatic hydroxyl groups is 1. The summed E-state index contributed by atoms with van der Waals surface area (Å²) in [6, 6.07) is 2.90. The van der Waals surface area contributed by atoms with Crippen molar-refractivity contribution in [2.24, 2.45) is 0 Å². The summed E-state index contributed by atoms with van der Waals surface area (Å²) < 4.78 is 49.8. The number of halogens is 4. The zero-order valence-corrected chi connectivity index (χ0v) is 7.27. The van der Waals surface area contributed by atoms with Crippen LogP contribution in [0, 0.1) is 5.82 Å². The molecule has 14 heavy (non-hydrogen) atoms. The molecule has 1 unspecified atom stereocenters. The van der Waals surface area contributed by atoms with Gasteiger partial charge in [0.25, 0.3) is 0 Å². The van der Waals surface area contributed by atoms with Crippen LogP contribution in [0.5, 0.6) is 0 Å². The molecule has 1 rings (SSSR count). The van der Waals surface area contributed by atoms with Gasteiger partial charge in [0.15, 0.2) is 0 Å². The van der Waals surface area contributed by atoms with Gasteiger partial charge in [-0.25, -0.2) is 4.39 Å². The van der Waals surface area contributed by atoms with Crippen molar-refractivity contribution in [2.45, 2.75) is 19.2 Å². The Morgan fingerprint density at radius 3 is 2.21 bits per heavy atom. The van der Waals surface area contributed by atoms with Gasteiger partial charge in [0, 0.05) is 0 Å². The van der Waals surface area contributed by atoms with Gasteiger partial charge in [0.2, 0.25) is 0 Å². The van der Waals surface area contributed by atoms with Crippen LogP contribution in [0.3, 0.4) is 0 Å². The standard InChI is InChI=1S/C9H8F4O/c1-5(14)6-3-2-4-7(10)8(6)9(11,12)13/h2-5,14H,1H3. The van der Waals surface area contributed by atoms with E-state index in [1.165, 1.54) is 0 Å². The molecule has 0 spiro atoms. The molecule has 0 aliphatic rings. The number of rotatable bonds is 1. The number of hydrogen-bond acceptors (Lipinski definition) is 1. The monoisotopic (exact) mass is 208 g/mol. The molecule has 0 radical (unpaired) electrons. The topological polar surface area (TPSA) is 20.2 Å². The predicted molar refractivity (Wildman–Crippen MR) is 42.0 cm³/mol. The second-order valence-electron chi connectivity index (χ2n) is 2.88. The lowest BCUT2D eigenvalue weighted by Crippen LogP contribution is -2.13. The molecule has 1 atom stereocenters. The lowest BCUT2D eigenvalue weighted by atomic mass is 10.0. The number of benzene rings is 1. The van der Waals surface area contributed by atoms with E-state index in [1.54, 1.807) is 0 Å². The molecule has 78 valence electrons. The first-order chi connectivity index (χ1) is 6.34. The maximum atomic E-state index is 12.9. The summed E-state index contributed by atoms with van der Waals surface area (Å²) in [5.41, 5.74) is -1.84. The SMILES string of the molecule is CC(O)c1cccc(F)c1C(F)(F)F. The molecule has 0 aromatic heterocycles. The fourth-order valence-corrected chi connectivity index (χ4v) is 1.19. The van der Waals surface area contributed by atoms with Gasteiger partial charge in [-0.2, -0.15) is 13.2 Å². The third-order valence-corrected chi connectivity index (χ3v) is 1.78. The fourth-order valence-electron chi connectivity index (χ4n) is 1.19. The Labute approximate surface area is 78.0 Å². The first-order valence-electron chi connectivity index (χ1n) is 3.87. The summed E-state index contributed by atoms with van der Waals surface area (Å²) in [5, 5.41) is 9.03. The van der Waals surface area contributed by atoms with Crippen LogP contribution in [0.1, 0.15) is 24.2 Å². The van der Waals surface area contributed by atoms with Gasteiger partial charge in [0.1, 0.15) is 5.82 Å². The van der Waals surface area contributed by atoms with Gasteiger partial charge >= 0.3 is 6.18 Å². The van der Waals surface area contributed by atoms with Crippen molar-refractivity contribution in [1.29, 1.82) is 0 Å². The van der Waals surface area contributed by atoms with Crippen molar-refractivity contribution in [3.63, 3.8) is 0 Å². The van der Waals surface area contributed by atoms with E-state index < -0.39 is 29.2 Å². The van der Waals surface area contributed by atoms with Crippen molar-refractivity contribution in [3.05, 3.63) is 35.1 Å². The lowest BCUT2D eigenvalue weighted by molar-refractivity contribution is -0.141. The van der Waals surface area contributed by atoms with E-state index in [9.17, 15) is 17.6 Å². The summed E-state index contributed by atoms with van der Waals surface area (Å²) in [5.74, 6) is -1.36. The van der Waals surface area contributed by atoms with Gasteiger partial charge in [-0.1, -0.05) is 12.1 Å². The van der Waals surface area contributed by atoms with Gasteiger partial charge in [0.05, 0.1) is 11.7 Å². The van der Waals surface area contributed by atoms with Crippen LogP contribution in [-0.4, -0.2) is 5.11 Å². The van der Waals surface area contributed by atoms with Crippen LogP contribution in [-0.2, 0) is 6.18 Å². The smallest absolute Gasteiger partial charge is 0.389 e. The van der Waals surface area contributed by atoms with Crippen molar-refractivity contribution < 1.29 is 22.7 Å². The van der Waals surface area contributed by atoms with E-state index in [0.717, 1.165) is 19.1 Å². The van der Waals surface area contributed by atoms with E-state index >= 15 is 0 Å². The van der Waals surface area contributed by atoms with Crippen molar-refractivity contribution in [2.75, 3.05) is 0 Å². The normalized spacial score (nSPS) is 14.1. The second kappa shape index (κ2) is 3.57. The Bertz CT molecular complexity index is 330. The zero-order valence-electron chi connectivity index (χ0n) is 7.27. The van der Waals surface area contributed by atoms with E-state index in [0.29, 0.717) is 6.07 Å². The molecule has 0 amide bonds. The molecular formula is C9H8F4O. The second-order valence-corrected chi connectivity index (χ2v) is 2.88. The van der Waals surface area contributed by atoms with Gasteiger partial charge in [-0.05, 0) is 18.6 Å². The average Bonchev–Trinajstić information content (AvgIpc) is 2.01. The van der Waals surface area contributed by atoms with Crippen LogP contribution in [0.15, 0.2) is 18.2 Å². The molecule has 0 saturated heterocycles. The van der Waals surface area contributed by atoms with Crippen LogP contribution < -0.4 is 0 Å². The molecule has 1 N–H and O–H groups in total. The molecule has 1 nitrogen and oxygen atoms in total. The molecule has 1 aromatic carbocycles. The van der Waals surface area contributed by atoms with E-state index in [4.69, 9.17) is 5.11 Å². The summed E-state index contributed by atoms with van der Waals surface area (Å²) in [6.07, 6.45) is -6.13. The molecule has 0 fully saturated rings. The van der Waals surface area contributed by atoms with E-state index in [1.807, 2.05) is 0 Å². The fraction of sp³-hybridized carbons (Fsp3) is 0.333. The van der Waals surface area contributed by atoms with Crippen LogP contribution in [0.25, 0.3) is 0 Å². The maximum Gasteiger partial charge on any atom is 0.419 e. The Balaban J connectivity index is 3.38. The Hall–Kier alpha value is -1.10. The summed E-state index contributed by atoms with van der Waals surface area (Å²) in [7, 11) is 0. The molecule has 1 aromatic rings. The maximum absolute atomic E-state index is 12.9. The summed E-state index contributed by atoms with van der Waals surface area (Å²) in [6.45, 7) is 1.16. The molecule has 0 aliphatic heterocycles. The quantitative estimate of drug-likeness (QED) is 0.703. The van der Waals surface area contributed by atoms with Crippen molar-refractivity contribution in [3.8, 4) is 0 Å². The zero-order chi connectivity index (χ0) is 10.9. The average molecular weight is 208 g/mol. The molecule has 0 heterocycles. The lowest BCUT2D eigenvalue weighted by Gasteiger charge is -2.15. The minimum absolute atomic E-state index is 0.447. The first-order valence-corrected chi connectivity index (χ1v) is 3.87. The van der Waals surface area contributed by atoms with Gasteiger partial charge in [-0.15, -0.1) is 0 Å².